The SMILES string of the molecule is CCNC(=NCCNC(=O)c1scnc1C)N(C)Cc1ccc(OC)cc1. The summed E-state index contributed by atoms with van der Waals surface area (Å²) in [4.78, 5) is 23.5. The Labute approximate surface area is 164 Å². The Balaban J connectivity index is 1.88. The first-order chi connectivity index (χ1) is 13.0. The first-order valence-corrected chi connectivity index (χ1v) is 9.73. The number of amides is 1. The Bertz CT molecular complexity index is 758. The minimum atomic E-state index is -0.0956. The molecule has 1 heterocycles. The summed E-state index contributed by atoms with van der Waals surface area (Å²) >= 11 is 1.35. The van der Waals surface area contributed by atoms with Crippen LogP contribution in [-0.2, 0) is 6.54 Å². The second-order valence-electron chi connectivity index (χ2n) is 5.96. The number of thiazole rings is 1. The van der Waals surface area contributed by atoms with Gasteiger partial charge in [0, 0.05) is 26.7 Å². The van der Waals surface area contributed by atoms with E-state index in [1.165, 1.54) is 11.3 Å². The number of nitrogens with zero attached hydrogens (tertiary/aromatic N) is 3. The van der Waals surface area contributed by atoms with Crippen LogP contribution in [0.1, 0.15) is 27.9 Å². The van der Waals surface area contributed by atoms with Crippen molar-refractivity contribution in [3.63, 3.8) is 0 Å². The number of carbonyl (C=O) groups excluding carboxylic acids is 1. The average Bonchev–Trinajstić information content (AvgIpc) is 3.10. The van der Waals surface area contributed by atoms with E-state index < -0.39 is 0 Å². The van der Waals surface area contributed by atoms with Gasteiger partial charge in [0.05, 0.1) is 24.9 Å². The molecule has 0 atom stereocenters. The van der Waals surface area contributed by atoms with Crippen LogP contribution in [0, 0.1) is 6.92 Å². The van der Waals surface area contributed by atoms with Crippen molar-refractivity contribution in [2.75, 3.05) is 33.8 Å². The number of guanidine groups is 1. The fourth-order valence-corrected chi connectivity index (χ4v) is 3.20. The molecule has 2 rings (SSSR count). The highest BCUT2D eigenvalue weighted by Crippen LogP contribution is 2.13. The number of hydrogen-bond acceptors (Lipinski definition) is 5. The van der Waals surface area contributed by atoms with Gasteiger partial charge in [-0.3, -0.25) is 9.79 Å². The molecule has 1 amide bonds. The summed E-state index contributed by atoms with van der Waals surface area (Å²) in [5, 5.41) is 6.17. The number of methoxy groups -OCH3 is 1. The fraction of sp³-hybridized carbons (Fsp3) is 0.421. The van der Waals surface area contributed by atoms with E-state index in [1.807, 2.05) is 45.2 Å². The van der Waals surface area contributed by atoms with E-state index in [-0.39, 0.29) is 5.91 Å². The van der Waals surface area contributed by atoms with Gasteiger partial charge in [0.2, 0.25) is 0 Å². The molecule has 0 bridgehead atoms. The van der Waals surface area contributed by atoms with Crippen molar-refractivity contribution in [2.45, 2.75) is 20.4 Å². The minimum absolute atomic E-state index is 0.0956. The normalized spacial score (nSPS) is 11.2. The third-order valence-electron chi connectivity index (χ3n) is 3.89. The topological polar surface area (TPSA) is 78.8 Å². The summed E-state index contributed by atoms with van der Waals surface area (Å²) in [5.41, 5.74) is 3.60. The van der Waals surface area contributed by atoms with Crippen molar-refractivity contribution in [3.8, 4) is 5.75 Å². The van der Waals surface area contributed by atoms with Crippen molar-refractivity contribution in [1.82, 2.24) is 20.5 Å². The van der Waals surface area contributed by atoms with Gasteiger partial charge in [-0.25, -0.2) is 4.98 Å². The van der Waals surface area contributed by atoms with Crippen molar-refractivity contribution in [3.05, 3.63) is 45.9 Å². The number of benzene rings is 1. The molecule has 0 unspecified atom stereocenters. The first-order valence-electron chi connectivity index (χ1n) is 8.85. The van der Waals surface area contributed by atoms with Crippen LogP contribution in [0.15, 0.2) is 34.8 Å². The highest BCUT2D eigenvalue weighted by atomic mass is 32.1. The third kappa shape index (κ3) is 6.25. The summed E-state index contributed by atoms with van der Waals surface area (Å²) in [6.07, 6.45) is 0. The van der Waals surface area contributed by atoms with Crippen LogP contribution < -0.4 is 15.4 Å². The van der Waals surface area contributed by atoms with E-state index in [0.717, 1.165) is 36.1 Å². The Kier molecular flexibility index (Phi) is 8.06. The second kappa shape index (κ2) is 10.5. The number of carbonyl (C=O) groups is 1. The molecule has 2 aromatic rings. The molecule has 0 fully saturated rings. The zero-order valence-corrected chi connectivity index (χ0v) is 17.1. The molecular formula is C19H27N5O2S. The van der Waals surface area contributed by atoms with Crippen LogP contribution in [-0.4, -0.2) is 55.5 Å². The van der Waals surface area contributed by atoms with Gasteiger partial charge in [0.15, 0.2) is 5.96 Å². The Morgan fingerprint density at radius 1 is 1.30 bits per heavy atom. The van der Waals surface area contributed by atoms with Gasteiger partial charge in [-0.15, -0.1) is 11.3 Å². The first kappa shape index (κ1) is 20.7. The predicted molar refractivity (Wildman–Crippen MR) is 110 cm³/mol. The highest BCUT2D eigenvalue weighted by Gasteiger charge is 2.11. The summed E-state index contributed by atoms with van der Waals surface area (Å²) in [5.74, 6) is 1.55. The van der Waals surface area contributed by atoms with Gasteiger partial charge in [-0.1, -0.05) is 12.1 Å². The van der Waals surface area contributed by atoms with Crippen molar-refractivity contribution in [1.29, 1.82) is 0 Å². The summed E-state index contributed by atoms with van der Waals surface area (Å²) < 4.78 is 5.19. The lowest BCUT2D eigenvalue weighted by Gasteiger charge is -2.22. The largest absolute Gasteiger partial charge is 0.497 e. The van der Waals surface area contributed by atoms with E-state index in [0.29, 0.717) is 18.0 Å². The predicted octanol–water partition coefficient (Wildman–Crippen LogP) is 2.29. The minimum Gasteiger partial charge on any atom is -0.497 e. The van der Waals surface area contributed by atoms with Crippen LogP contribution in [0.2, 0.25) is 0 Å². The molecule has 0 radical (unpaired) electrons. The Hall–Kier alpha value is -2.61. The molecule has 0 aliphatic carbocycles. The number of rotatable bonds is 8. The standard InChI is InChI=1S/C19H27N5O2S/c1-5-20-19(24(3)12-15-6-8-16(26-4)9-7-15)22-11-10-21-18(25)17-14(2)23-13-27-17/h6-9,13H,5,10-12H2,1-4H3,(H,20,22)(H,21,25). The molecule has 0 saturated heterocycles. The van der Waals surface area contributed by atoms with Crippen LogP contribution >= 0.6 is 11.3 Å². The molecule has 0 spiro atoms. The second-order valence-corrected chi connectivity index (χ2v) is 6.82. The van der Waals surface area contributed by atoms with Crippen molar-refractivity contribution in [2.24, 2.45) is 4.99 Å². The maximum Gasteiger partial charge on any atom is 0.263 e. The lowest BCUT2D eigenvalue weighted by Crippen LogP contribution is -2.39. The Morgan fingerprint density at radius 2 is 2.04 bits per heavy atom. The Morgan fingerprint density at radius 3 is 2.63 bits per heavy atom. The molecule has 0 aliphatic heterocycles. The van der Waals surface area contributed by atoms with Crippen molar-refractivity contribution < 1.29 is 9.53 Å². The molecule has 0 saturated carbocycles. The van der Waals surface area contributed by atoms with Crippen LogP contribution in [0.25, 0.3) is 0 Å². The van der Waals surface area contributed by atoms with Crippen LogP contribution in [0.4, 0.5) is 0 Å². The van der Waals surface area contributed by atoms with E-state index >= 15 is 0 Å². The maximum atomic E-state index is 12.1. The lowest BCUT2D eigenvalue weighted by atomic mass is 10.2. The van der Waals surface area contributed by atoms with Gasteiger partial charge < -0.3 is 20.3 Å². The van der Waals surface area contributed by atoms with Gasteiger partial charge in [-0.05, 0) is 31.5 Å². The van der Waals surface area contributed by atoms with E-state index in [9.17, 15) is 4.79 Å². The monoisotopic (exact) mass is 389 g/mol. The number of nitrogens with one attached hydrogen (secondary N) is 2. The molecule has 27 heavy (non-hydrogen) atoms. The molecule has 8 heteroatoms. The maximum absolute atomic E-state index is 12.1. The molecule has 7 nitrogen and oxygen atoms in total. The number of aryl methyl sites for hydroxylation is 1. The molecule has 146 valence electrons. The zero-order chi connectivity index (χ0) is 19.6. The molecule has 0 aliphatic rings. The number of aliphatic imine (C=N–C) groups is 1. The lowest BCUT2D eigenvalue weighted by molar-refractivity contribution is 0.0958. The summed E-state index contributed by atoms with van der Waals surface area (Å²) in [7, 11) is 3.65. The van der Waals surface area contributed by atoms with E-state index in [2.05, 4.69) is 25.5 Å². The van der Waals surface area contributed by atoms with E-state index in [4.69, 9.17) is 4.74 Å². The van der Waals surface area contributed by atoms with Crippen LogP contribution in [0.5, 0.6) is 5.75 Å². The van der Waals surface area contributed by atoms with Gasteiger partial charge in [0.1, 0.15) is 10.6 Å². The molecular weight excluding hydrogens is 362 g/mol. The van der Waals surface area contributed by atoms with Gasteiger partial charge in [0.25, 0.3) is 5.91 Å². The molecule has 2 N–H and O–H groups in total. The van der Waals surface area contributed by atoms with Crippen molar-refractivity contribution >= 4 is 23.2 Å². The number of hydrogen-bond donors (Lipinski definition) is 2. The molecule has 1 aromatic carbocycles. The van der Waals surface area contributed by atoms with Gasteiger partial charge in [-0.2, -0.15) is 0 Å². The molecule has 1 aromatic heterocycles. The zero-order valence-electron chi connectivity index (χ0n) is 16.3. The summed E-state index contributed by atoms with van der Waals surface area (Å²) in [6, 6.07) is 7.97. The summed E-state index contributed by atoms with van der Waals surface area (Å²) in [6.45, 7) is 6.34. The smallest absolute Gasteiger partial charge is 0.263 e. The van der Waals surface area contributed by atoms with Gasteiger partial charge >= 0.3 is 0 Å². The average molecular weight is 390 g/mol. The third-order valence-corrected chi connectivity index (χ3v) is 4.81. The quantitative estimate of drug-likeness (QED) is 0.411. The van der Waals surface area contributed by atoms with E-state index in [1.54, 1.807) is 12.6 Å². The van der Waals surface area contributed by atoms with Crippen LogP contribution in [0.3, 0.4) is 0 Å². The fourth-order valence-electron chi connectivity index (χ4n) is 2.48. The number of ether oxygens (including phenoxy) is 1. The number of aromatic nitrogens is 1. The highest BCUT2D eigenvalue weighted by molar-refractivity contribution is 7.11.